The molecule has 0 bridgehead atoms. The molecule has 0 aromatic heterocycles. The third kappa shape index (κ3) is 3.55. The predicted octanol–water partition coefficient (Wildman–Crippen LogP) is 2.85. The summed E-state index contributed by atoms with van der Waals surface area (Å²) in [4.78, 5) is 0. The molecule has 1 aromatic carbocycles. The molecule has 1 aliphatic carbocycles. The van der Waals surface area contributed by atoms with E-state index >= 15 is 0 Å². The van der Waals surface area contributed by atoms with Gasteiger partial charge >= 0.3 is 0 Å². The fourth-order valence-electron chi connectivity index (χ4n) is 2.51. The molecule has 2 nitrogen and oxygen atoms in total. The molecule has 2 rings (SSSR count). The Morgan fingerprint density at radius 3 is 2.53 bits per heavy atom. The van der Waals surface area contributed by atoms with Gasteiger partial charge in [0.15, 0.2) is 0 Å². The molecule has 0 heterocycles. The quantitative estimate of drug-likeness (QED) is 0.791. The van der Waals surface area contributed by atoms with E-state index in [-0.39, 0.29) is 5.54 Å². The molecule has 2 heteroatoms. The molecular weight excluding hydrogens is 208 g/mol. The van der Waals surface area contributed by atoms with E-state index in [2.05, 4.69) is 49.5 Å². The Morgan fingerprint density at radius 2 is 2.00 bits per heavy atom. The Kier molecular flexibility index (Phi) is 3.85. The van der Waals surface area contributed by atoms with E-state index in [0.29, 0.717) is 12.6 Å². The van der Waals surface area contributed by atoms with Crippen molar-refractivity contribution in [2.24, 2.45) is 11.7 Å². The fraction of sp³-hybridized carbons (Fsp3) is 0.600. The number of nitrogens with one attached hydrogen (secondary N) is 1. The second-order valence-electron chi connectivity index (χ2n) is 5.69. The van der Waals surface area contributed by atoms with E-state index in [4.69, 9.17) is 5.73 Å². The molecule has 3 N–H and O–H groups in total. The lowest BCUT2D eigenvalue weighted by molar-refractivity contribution is 0.293. The first-order chi connectivity index (χ1) is 8.13. The van der Waals surface area contributed by atoms with Gasteiger partial charge in [0, 0.05) is 18.1 Å². The molecule has 1 aromatic rings. The monoisotopic (exact) mass is 232 g/mol. The lowest BCUT2D eigenvalue weighted by atomic mass is 9.92. The molecule has 0 amide bonds. The molecule has 0 saturated heterocycles. The van der Waals surface area contributed by atoms with Gasteiger partial charge in [0.2, 0.25) is 0 Å². The minimum Gasteiger partial charge on any atom is -0.329 e. The Bertz CT molecular complexity index is 345. The van der Waals surface area contributed by atoms with Crippen LogP contribution in [0.15, 0.2) is 30.3 Å². The van der Waals surface area contributed by atoms with Gasteiger partial charge in [-0.05, 0) is 31.7 Å². The molecule has 2 atom stereocenters. The summed E-state index contributed by atoms with van der Waals surface area (Å²) in [6.07, 6.45) is 3.98. The first kappa shape index (κ1) is 12.6. The zero-order chi connectivity index (χ0) is 12.3. The molecule has 17 heavy (non-hydrogen) atoms. The average molecular weight is 232 g/mol. The largest absolute Gasteiger partial charge is 0.329 e. The van der Waals surface area contributed by atoms with Crippen molar-refractivity contribution in [1.29, 1.82) is 0 Å². The van der Waals surface area contributed by atoms with Gasteiger partial charge in [0.05, 0.1) is 0 Å². The normalized spacial score (nSPS) is 20.9. The van der Waals surface area contributed by atoms with Gasteiger partial charge < -0.3 is 11.1 Å². The van der Waals surface area contributed by atoms with Gasteiger partial charge in [0.1, 0.15) is 0 Å². The first-order valence-corrected chi connectivity index (χ1v) is 6.66. The fourth-order valence-corrected chi connectivity index (χ4v) is 2.51. The van der Waals surface area contributed by atoms with Crippen LogP contribution in [0.1, 0.15) is 44.7 Å². The van der Waals surface area contributed by atoms with Gasteiger partial charge in [-0.3, -0.25) is 0 Å². The van der Waals surface area contributed by atoms with Crippen LogP contribution in [0.4, 0.5) is 0 Å². The summed E-state index contributed by atoms with van der Waals surface area (Å²) in [5.74, 6) is 0.902. The van der Waals surface area contributed by atoms with Crippen LogP contribution in [-0.4, -0.2) is 12.1 Å². The second kappa shape index (κ2) is 5.19. The van der Waals surface area contributed by atoms with Gasteiger partial charge in [-0.15, -0.1) is 0 Å². The molecule has 0 aliphatic heterocycles. The van der Waals surface area contributed by atoms with E-state index in [9.17, 15) is 0 Å². The highest BCUT2D eigenvalue weighted by atomic mass is 15.0. The van der Waals surface area contributed by atoms with Crippen molar-refractivity contribution < 1.29 is 0 Å². The van der Waals surface area contributed by atoms with E-state index in [1.54, 1.807) is 0 Å². The van der Waals surface area contributed by atoms with E-state index in [1.807, 2.05) is 0 Å². The highest BCUT2D eigenvalue weighted by Gasteiger charge is 2.33. The van der Waals surface area contributed by atoms with Crippen LogP contribution in [-0.2, 0) is 0 Å². The summed E-state index contributed by atoms with van der Waals surface area (Å²) in [5.41, 5.74) is 7.36. The van der Waals surface area contributed by atoms with E-state index in [1.165, 1.54) is 24.8 Å². The Hall–Kier alpha value is -0.860. The lowest BCUT2D eigenvalue weighted by Crippen LogP contribution is -2.49. The van der Waals surface area contributed by atoms with Gasteiger partial charge in [-0.2, -0.15) is 0 Å². The summed E-state index contributed by atoms with van der Waals surface area (Å²) in [6.45, 7) is 5.18. The average Bonchev–Trinajstić information content (AvgIpc) is 3.14. The molecule has 0 radical (unpaired) electrons. The third-order valence-corrected chi connectivity index (χ3v) is 3.75. The maximum atomic E-state index is 5.95. The molecule has 1 saturated carbocycles. The number of rotatable bonds is 6. The number of hydrogen-bond donors (Lipinski definition) is 2. The summed E-state index contributed by atoms with van der Waals surface area (Å²) in [6, 6.07) is 11.0. The molecule has 2 unspecified atom stereocenters. The Labute approximate surface area is 105 Å². The number of benzene rings is 1. The highest BCUT2D eigenvalue weighted by Crippen LogP contribution is 2.37. The third-order valence-electron chi connectivity index (χ3n) is 3.75. The highest BCUT2D eigenvalue weighted by molar-refractivity contribution is 5.18. The molecule has 0 spiro atoms. The topological polar surface area (TPSA) is 38.0 Å². The Morgan fingerprint density at radius 1 is 1.35 bits per heavy atom. The summed E-state index contributed by atoms with van der Waals surface area (Å²) in [5, 5.41) is 3.71. The number of nitrogens with two attached hydrogens (primary N) is 1. The van der Waals surface area contributed by atoms with E-state index in [0.717, 1.165) is 5.92 Å². The van der Waals surface area contributed by atoms with Crippen molar-refractivity contribution in [2.75, 3.05) is 6.54 Å². The summed E-state index contributed by atoms with van der Waals surface area (Å²) >= 11 is 0. The van der Waals surface area contributed by atoms with Crippen LogP contribution < -0.4 is 11.1 Å². The van der Waals surface area contributed by atoms with Crippen LogP contribution in [0, 0.1) is 5.92 Å². The lowest BCUT2D eigenvalue weighted by Gasteiger charge is -2.33. The van der Waals surface area contributed by atoms with Crippen molar-refractivity contribution in [3.8, 4) is 0 Å². The Balaban J connectivity index is 1.97. The van der Waals surface area contributed by atoms with Crippen molar-refractivity contribution in [1.82, 2.24) is 5.32 Å². The summed E-state index contributed by atoms with van der Waals surface area (Å²) in [7, 11) is 0. The van der Waals surface area contributed by atoms with Crippen LogP contribution in [0.2, 0.25) is 0 Å². The predicted molar refractivity (Wildman–Crippen MR) is 72.8 cm³/mol. The van der Waals surface area contributed by atoms with Crippen molar-refractivity contribution >= 4 is 0 Å². The second-order valence-corrected chi connectivity index (χ2v) is 5.69. The maximum absolute atomic E-state index is 5.95. The SMILES string of the molecule is CC(NC(C)(CN)CC1CC1)c1ccccc1. The molecule has 1 aliphatic rings. The molecule has 1 fully saturated rings. The molecule has 94 valence electrons. The minimum atomic E-state index is 0.0798. The minimum absolute atomic E-state index is 0.0798. The van der Waals surface area contributed by atoms with Crippen LogP contribution in [0.5, 0.6) is 0 Å². The van der Waals surface area contributed by atoms with Crippen LogP contribution >= 0.6 is 0 Å². The van der Waals surface area contributed by atoms with Crippen molar-refractivity contribution in [2.45, 2.75) is 44.7 Å². The zero-order valence-corrected chi connectivity index (χ0v) is 10.9. The number of hydrogen-bond acceptors (Lipinski definition) is 2. The van der Waals surface area contributed by atoms with Gasteiger partial charge in [-0.1, -0.05) is 43.2 Å². The summed E-state index contributed by atoms with van der Waals surface area (Å²) < 4.78 is 0. The van der Waals surface area contributed by atoms with Crippen molar-refractivity contribution in [3.05, 3.63) is 35.9 Å². The first-order valence-electron chi connectivity index (χ1n) is 6.66. The van der Waals surface area contributed by atoms with E-state index < -0.39 is 0 Å². The van der Waals surface area contributed by atoms with Crippen LogP contribution in [0.25, 0.3) is 0 Å². The molecular formula is C15H24N2. The van der Waals surface area contributed by atoms with Crippen LogP contribution in [0.3, 0.4) is 0 Å². The standard InChI is InChI=1S/C15H24N2/c1-12(14-6-4-3-5-7-14)17-15(2,11-16)10-13-8-9-13/h3-7,12-13,17H,8-11,16H2,1-2H3. The smallest absolute Gasteiger partial charge is 0.0297 e. The van der Waals surface area contributed by atoms with Crippen molar-refractivity contribution in [3.63, 3.8) is 0 Å². The van der Waals surface area contributed by atoms with Gasteiger partial charge in [-0.25, -0.2) is 0 Å². The zero-order valence-electron chi connectivity index (χ0n) is 10.9. The van der Waals surface area contributed by atoms with Gasteiger partial charge in [0.25, 0.3) is 0 Å². The maximum Gasteiger partial charge on any atom is 0.0297 e.